The molecule has 2 aromatic rings. The smallest absolute Gasteiger partial charge is 0.254 e. The zero-order chi connectivity index (χ0) is 17.4. The number of carbonyl (C=O) groups excluding carboxylic acids is 1. The van der Waals surface area contributed by atoms with E-state index in [1.807, 2.05) is 0 Å². The number of hydrogen-bond acceptors (Lipinski definition) is 6. The molecule has 0 aliphatic heterocycles. The summed E-state index contributed by atoms with van der Waals surface area (Å²) < 4.78 is 21.1. The van der Waals surface area contributed by atoms with Crippen molar-refractivity contribution in [1.82, 2.24) is 5.32 Å². The van der Waals surface area contributed by atoms with Gasteiger partial charge in [0, 0.05) is 24.7 Å². The lowest BCUT2D eigenvalue weighted by Gasteiger charge is -2.10. The quantitative estimate of drug-likeness (QED) is 0.681. The van der Waals surface area contributed by atoms with Crippen LogP contribution in [0.25, 0.3) is 0 Å². The number of amides is 1. The summed E-state index contributed by atoms with van der Waals surface area (Å²) in [6.45, 7) is 1.21. The number of ether oxygens (including phenoxy) is 3. The number of methoxy groups -OCH3 is 2. The SMILES string of the molecule is COc1cc(OC)cc(OCCCNC(=O)c2coc(CN)c2)c1. The summed E-state index contributed by atoms with van der Waals surface area (Å²) >= 11 is 0. The summed E-state index contributed by atoms with van der Waals surface area (Å²) in [5, 5.41) is 2.80. The van der Waals surface area contributed by atoms with Crippen molar-refractivity contribution in [2.75, 3.05) is 27.4 Å². The van der Waals surface area contributed by atoms with E-state index in [4.69, 9.17) is 24.4 Å². The molecule has 2 rings (SSSR count). The van der Waals surface area contributed by atoms with E-state index in [2.05, 4.69) is 5.32 Å². The van der Waals surface area contributed by atoms with Crippen molar-refractivity contribution in [2.24, 2.45) is 5.73 Å². The van der Waals surface area contributed by atoms with Gasteiger partial charge < -0.3 is 29.7 Å². The predicted octanol–water partition coefficient (Wildman–Crippen LogP) is 1.95. The lowest BCUT2D eigenvalue weighted by Crippen LogP contribution is -2.25. The first kappa shape index (κ1) is 17.7. The molecule has 0 saturated carbocycles. The Labute approximate surface area is 140 Å². The van der Waals surface area contributed by atoms with Gasteiger partial charge in [0.1, 0.15) is 29.3 Å². The minimum atomic E-state index is -0.193. The van der Waals surface area contributed by atoms with Crippen molar-refractivity contribution < 1.29 is 23.4 Å². The molecule has 1 heterocycles. The fraction of sp³-hybridized carbons (Fsp3) is 0.353. The Morgan fingerprint density at radius 2 is 1.79 bits per heavy atom. The highest BCUT2D eigenvalue weighted by Crippen LogP contribution is 2.27. The van der Waals surface area contributed by atoms with E-state index >= 15 is 0 Å². The predicted molar refractivity (Wildman–Crippen MR) is 88.6 cm³/mol. The highest BCUT2D eigenvalue weighted by Gasteiger charge is 2.09. The Balaban J connectivity index is 1.74. The molecule has 7 nitrogen and oxygen atoms in total. The molecule has 24 heavy (non-hydrogen) atoms. The lowest BCUT2D eigenvalue weighted by molar-refractivity contribution is 0.0951. The van der Waals surface area contributed by atoms with Gasteiger partial charge in [-0.05, 0) is 12.5 Å². The lowest BCUT2D eigenvalue weighted by atomic mass is 10.3. The first-order chi connectivity index (χ1) is 11.7. The third-order valence-electron chi connectivity index (χ3n) is 3.32. The van der Waals surface area contributed by atoms with Crippen molar-refractivity contribution in [1.29, 1.82) is 0 Å². The molecule has 0 aliphatic rings. The van der Waals surface area contributed by atoms with Crippen LogP contribution in [-0.4, -0.2) is 33.3 Å². The summed E-state index contributed by atoms with van der Waals surface area (Å²) in [5.41, 5.74) is 5.91. The maximum absolute atomic E-state index is 11.9. The van der Waals surface area contributed by atoms with Gasteiger partial charge in [0.15, 0.2) is 0 Å². The van der Waals surface area contributed by atoms with E-state index in [0.717, 1.165) is 0 Å². The van der Waals surface area contributed by atoms with Crippen molar-refractivity contribution in [3.05, 3.63) is 41.9 Å². The summed E-state index contributed by atoms with van der Waals surface area (Å²) in [5.74, 6) is 2.36. The Kier molecular flexibility index (Phi) is 6.51. The van der Waals surface area contributed by atoms with Crippen molar-refractivity contribution in [3.8, 4) is 17.2 Å². The molecule has 0 bridgehead atoms. The number of carbonyl (C=O) groups is 1. The summed E-state index contributed by atoms with van der Waals surface area (Å²) in [6, 6.07) is 6.96. The van der Waals surface area contributed by atoms with Crippen LogP contribution in [0.15, 0.2) is 34.9 Å². The van der Waals surface area contributed by atoms with Crippen molar-refractivity contribution >= 4 is 5.91 Å². The van der Waals surface area contributed by atoms with E-state index in [1.54, 1.807) is 38.5 Å². The fourth-order valence-electron chi connectivity index (χ4n) is 2.04. The van der Waals surface area contributed by atoms with Crippen LogP contribution in [0.5, 0.6) is 17.2 Å². The molecule has 7 heteroatoms. The number of nitrogens with one attached hydrogen (secondary N) is 1. The first-order valence-electron chi connectivity index (χ1n) is 7.57. The van der Waals surface area contributed by atoms with Crippen LogP contribution in [0.3, 0.4) is 0 Å². The van der Waals surface area contributed by atoms with Crippen molar-refractivity contribution in [3.63, 3.8) is 0 Å². The molecule has 0 fully saturated rings. The molecule has 0 aliphatic carbocycles. The van der Waals surface area contributed by atoms with Gasteiger partial charge in [-0.3, -0.25) is 4.79 Å². The third kappa shape index (κ3) is 4.92. The molecule has 1 amide bonds. The average molecular weight is 334 g/mol. The second-order valence-electron chi connectivity index (χ2n) is 5.01. The third-order valence-corrected chi connectivity index (χ3v) is 3.32. The standard InChI is InChI=1S/C17H22N2O5/c1-21-13-7-14(22-2)9-15(8-13)23-5-3-4-19-17(20)12-6-16(10-18)24-11-12/h6-9,11H,3-5,10,18H2,1-2H3,(H,19,20). The van der Waals surface area contributed by atoms with Crippen LogP contribution >= 0.6 is 0 Å². The van der Waals surface area contributed by atoms with Crippen LogP contribution in [0.4, 0.5) is 0 Å². The Morgan fingerprint density at radius 3 is 2.38 bits per heavy atom. The van der Waals surface area contributed by atoms with E-state index < -0.39 is 0 Å². The summed E-state index contributed by atoms with van der Waals surface area (Å²) in [4.78, 5) is 11.9. The molecule has 0 spiro atoms. The maximum Gasteiger partial charge on any atom is 0.254 e. The van der Waals surface area contributed by atoms with Gasteiger partial charge in [0.2, 0.25) is 0 Å². The highest BCUT2D eigenvalue weighted by atomic mass is 16.5. The molecule has 3 N–H and O–H groups in total. The van der Waals surface area contributed by atoms with Gasteiger partial charge in [-0.2, -0.15) is 0 Å². The maximum atomic E-state index is 11.9. The topological polar surface area (TPSA) is 96.0 Å². The van der Waals surface area contributed by atoms with Gasteiger partial charge in [-0.25, -0.2) is 0 Å². The zero-order valence-corrected chi connectivity index (χ0v) is 13.8. The summed E-state index contributed by atoms with van der Waals surface area (Å²) in [7, 11) is 3.17. The van der Waals surface area contributed by atoms with Crippen molar-refractivity contribution in [2.45, 2.75) is 13.0 Å². The average Bonchev–Trinajstić information content (AvgIpc) is 3.10. The van der Waals surface area contributed by atoms with Crippen LogP contribution in [0.1, 0.15) is 22.5 Å². The summed E-state index contributed by atoms with van der Waals surface area (Å²) in [6.07, 6.45) is 2.06. The highest BCUT2D eigenvalue weighted by molar-refractivity contribution is 5.93. The fourth-order valence-corrected chi connectivity index (χ4v) is 2.04. The Morgan fingerprint density at radius 1 is 1.12 bits per heavy atom. The van der Waals surface area contributed by atoms with E-state index in [-0.39, 0.29) is 12.5 Å². The number of hydrogen-bond donors (Lipinski definition) is 2. The van der Waals surface area contributed by atoms with E-state index in [9.17, 15) is 4.79 Å². The molecule has 130 valence electrons. The van der Waals surface area contributed by atoms with Gasteiger partial charge >= 0.3 is 0 Å². The van der Waals surface area contributed by atoms with Crippen LogP contribution in [0.2, 0.25) is 0 Å². The molecule has 0 atom stereocenters. The molecular weight excluding hydrogens is 312 g/mol. The first-order valence-corrected chi connectivity index (χ1v) is 7.57. The molecule has 1 aromatic heterocycles. The van der Waals surface area contributed by atoms with Gasteiger partial charge in [0.25, 0.3) is 5.91 Å². The van der Waals surface area contributed by atoms with Crippen LogP contribution < -0.4 is 25.3 Å². The minimum absolute atomic E-state index is 0.193. The second-order valence-corrected chi connectivity index (χ2v) is 5.01. The van der Waals surface area contributed by atoms with Crippen LogP contribution in [0, 0.1) is 0 Å². The number of nitrogens with two attached hydrogens (primary N) is 1. The zero-order valence-electron chi connectivity index (χ0n) is 13.8. The second kappa shape index (κ2) is 8.83. The normalized spacial score (nSPS) is 10.3. The monoisotopic (exact) mass is 334 g/mol. The molecule has 0 unspecified atom stereocenters. The number of furan rings is 1. The van der Waals surface area contributed by atoms with Gasteiger partial charge in [-0.15, -0.1) is 0 Å². The van der Waals surface area contributed by atoms with E-state index in [0.29, 0.717) is 48.1 Å². The number of benzene rings is 1. The molecule has 0 radical (unpaired) electrons. The molecule has 1 aromatic carbocycles. The molecular formula is C17H22N2O5. The van der Waals surface area contributed by atoms with Crippen LogP contribution in [-0.2, 0) is 6.54 Å². The van der Waals surface area contributed by atoms with Gasteiger partial charge in [0.05, 0.1) is 32.9 Å². The van der Waals surface area contributed by atoms with Gasteiger partial charge in [-0.1, -0.05) is 0 Å². The Bertz CT molecular complexity index is 647. The molecule has 0 saturated heterocycles. The largest absolute Gasteiger partial charge is 0.496 e. The Hall–Kier alpha value is -2.67. The minimum Gasteiger partial charge on any atom is -0.496 e. The number of rotatable bonds is 9. The van der Waals surface area contributed by atoms with E-state index in [1.165, 1.54) is 6.26 Å².